The number of pyridine rings is 2. The first kappa shape index (κ1) is 25.4. The van der Waals surface area contributed by atoms with Gasteiger partial charge in [0.25, 0.3) is 5.82 Å². The number of anilines is 1. The number of aromatic nitrogens is 4. The summed E-state index contributed by atoms with van der Waals surface area (Å²) in [6, 6.07) is 12.4. The number of benzene rings is 1. The predicted molar refractivity (Wildman–Crippen MR) is 141 cm³/mol. The van der Waals surface area contributed by atoms with Gasteiger partial charge >= 0.3 is 5.69 Å². The van der Waals surface area contributed by atoms with Gasteiger partial charge in [0.15, 0.2) is 5.82 Å². The van der Waals surface area contributed by atoms with Crippen molar-refractivity contribution in [3.05, 3.63) is 99.5 Å². The number of halogens is 2. The number of hydrogen-bond donors (Lipinski definition) is 0. The van der Waals surface area contributed by atoms with Crippen LogP contribution >= 0.6 is 0 Å². The highest BCUT2D eigenvalue weighted by atomic mass is 19.1. The molecule has 10 heteroatoms. The van der Waals surface area contributed by atoms with Gasteiger partial charge in [-0.05, 0) is 54.8 Å². The molecule has 0 N–H and O–H groups in total. The highest BCUT2D eigenvalue weighted by Gasteiger charge is 2.38. The van der Waals surface area contributed by atoms with Crippen LogP contribution in [-0.4, -0.2) is 49.6 Å². The summed E-state index contributed by atoms with van der Waals surface area (Å²) in [5, 5.41) is 0. The van der Waals surface area contributed by atoms with E-state index in [1.165, 1.54) is 29.0 Å². The van der Waals surface area contributed by atoms with Crippen molar-refractivity contribution in [3.8, 4) is 0 Å². The summed E-state index contributed by atoms with van der Waals surface area (Å²) in [6.07, 6.45) is 2.30. The van der Waals surface area contributed by atoms with E-state index in [0.29, 0.717) is 29.9 Å². The Hall–Kier alpha value is -4.23. The fraction of sp³-hybridized carbons (Fsp3) is 0.321. The molecule has 38 heavy (non-hydrogen) atoms. The first-order valence-electron chi connectivity index (χ1n) is 12.4. The molecule has 3 aromatic heterocycles. The molecule has 0 aliphatic carbocycles. The lowest BCUT2D eigenvalue weighted by Crippen LogP contribution is -2.58. The Kier molecular flexibility index (Phi) is 6.87. The second-order valence-electron chi connectivity index (χ2n) is 9.55. The average Bonchev–Trinajstić information content (AvgIpc) is 2.93. The normalized spacial score (nSPS) is 18.9. The molecule has 5 rings (SSSR count). The van der Waals surface area contributed by atoms with Gasteiger partial charge in [-0.25, -0.2) is 14.2 Å². The zero-order chi connectivity index (χ0) is 27.0. The van der Waals surface area contributed by atoms with Crippen LogP contribution in [0.5, 0.6) is 0 Å². The summed E-state index contributed by atoms with van der Waals surface area (Å²) in [6.45, 7) is 12.7. The number of piperazine rings is 1. The Bertz CT molecular complexity index is 1520. The van der Waals surface area contributed by atoms with Gasteiger partial charge in [0.2, 0.25) is 11.5 Å². The highest BCUT2D eigenvalue weighted by Crippen LogP contribution is 2.36. The van der Waals surface area contributed by atoms with Crippen molar-refractivity contribution in [2.45, 2.75) is 38.4 Å². The molecule has 4 heterocycles. The van der Waals surface area contributed by atoms with Gasteiger partial charge in [0.05, 0.1) is 11.6 Å². The van der Waals surface area contributed by atoms with Crippen LogP contribution in [0.1, 0.15) is 37.4 Å². The van der Waals surface area contributed by atoms with E-state index in [4.69, 9.17) is 6.57 Å². The summed E-state index contributed by atoms with van der Waals surface area (Å²) in [4.78, 5) is 33.4. The van der Waals surface area contributed by atoms with E-state index in [9.17, 15) is 13.6 Å². The second-order valence-corrected chi connectivity index (χ2v) is 9.55. The number of rotatable bonds is 5. The molecule has 3 atom stereocenters. The van der Waals surface area contributed by atoms with Crippen molar-refractivity contribution >= 4 is 22.7 Å². The fourth-order valence-corrected chi connectivity index (χ4v) is 5.27. The maximum Gasteiger partial charge on any atom is 0.350 e. The average molecular weight is 516 g/mol. The van der Waals surface area contributed by atoms with Gasteiger partial charge in [0.1, 0.15) is 5.82 Å². The fourth-order valence-electron chi connectivity index (χ4n) is 5.27. The molecule has 0 amide bonds. The molecule has 0 spiro atoms. The van der Waals surface area contributed by atoms with Crippen LogP contribution in [0, 0.1) is 18.3 Å². The van der Waals surface area contributed by atoms with E-state index in [1.54, 1.807) is 37.4 Å². The monoisotopic (exact) mass is 515 g/mol. The van der Waals surface area contributed by atoms with E-state index in [1.807, 2.05) is 6.92 Å². The van der Waals surface area contributed by atoms with Crippen molar-refractivity contribution in [2.24, 2.45) is 7.05 Å². The lowest BCUT2D eigenvalue weighted by Gasteiger charge is -2.48. The van der Waals surface area contributed by atoms with Crippen LogP contribution in [0.3, 0.4) is 0 Å². The summed E-state index contributed by atoms with van der Waals surface area (Å²) in [5.74, 6) is -0.199. The minimum atomic E-state index is -0.563. The van der Waals surface area contributed by atoms with Gasteiger partial charge in [0, 0.05) is 38.4 Å². The summed E-state index contributed by atoms with van der Waals surface area (Å²) in [5.41, 5.74) is 2.40. The second kappa shape index (κ2) is 10.3. The minimum Gasteiger partial charge on any atom is -0.361 e. The van der Waals surface area contributed by atoms with Crippen molar-refractivity contribution in [2.75, 3.05) is 18.0 Å². The lowest BCUT2D eigenvalue weighted by molar-refractivity contribution is 0.115. The van der Waals surface area contributed by atoms with Gasteiger partial charge in [-0.2, -0.15) is 9.37 Å². The summed E-state index contributed by atoms with van der Waals surface area (Å²) in [7, 11) is 1.64. The zero-order valence-electron chi connectivity index (χ0n) is 21.3. The van der Waals surface area contributed by atoms with E-state index in [-0.39, 0.29) is 29.8 Å². The molecule has 1 saturated heterocycles. The standard InChI is InChI=1S/C28H27F2N7O/c1-5-21-16-36(27-25-22(35(4)28(38)34-27)11-13-24(31-3)33-25)17(2)15-37(21)26(18-6-9-20(29)10-7-18)19-8-12-23(30)32-14-19/h6-14,17,21,26H,5,15-16H2,1-2,4H3/t17-,21+,26?/m0/s1. The highest BCUT2D eigenvalue weighted by molar-refractivity contribution is 5.87. The quantitative estimate of drug-likeness (QED) is 0.285. The van der Waals surface area contributed by atoms with Gasteiger partial charge in [-0.1, -0.05) is 31.7 Å². The first-order chi connectivity index (χ1) is 18.3. The van der Waals surface area contributed by atoms with Crippen LogP contribution in [0.25, 0.3) is 15.9 Å². The van der Waals surface area contributed by atoms with E-state index in [0.717, 1.165) is 17.5 Å². The molecule has 1 aliphatic heterocycles. The van der Waals surface area contributed by atoms with Crippen molar-refractivity contribution in [1.29, 1.82) is 0 Å². The van der Waals surface area contributed by atoms with Crippen LogP contribution in [0.4, 0.5) is 20.4 Å². The topological polar surface area (TPSA) is 71.5 Å². The largest absolute Gasteiger partial charge is 0.361 e. The smallest absolute Gasteiger partial charge is 0.350 e. The number of aryl methyl sites for hydroxylation is 1. The van der Waals surface area contributed by atoms with Crippen molar-refractivity contribution in [1.82, 2.24) is 24.4 Å². The minimum absolute atomic E-state index is 0.0104. The number of nitrogens with zero attached hydrogens (tertiary/aromatic N) is 7. The molecular formula is C28H27F2N7O. The van der Waals surface area contributed by atoms with Crippen LogP contribution < -0.4 is 10.6 Å². The summed E-state index contributed by atoms with van der Waals surface area (Å²) < 4.78 is 28.9. The molecular weight excluding hydrogens is 488 g/mol. The zero-order valence-corrected chi connectivity index (χ0v) is 21.3. The van der Waals surface area contributed by atoms with E-state index in [2.05, 4.69) is 36.5 Å². The molecule has 0 radical (unpaired) electrons. The van der Waals surface area contributed by atoms with Crippen LogP contribution in [0.2, 0.25) is 0 Å². The van der Waals surface area contributed by atoms with Gasteiger partial charge in [-0.3, -0.25) is 9.47 Å². The first-order valence-corrected chi connectivity index (χ1v) is 12.4. The van der Waals surface area contributed by atoms with E-state index >= 15 is 0 Å². The Morgan fingerprint density at radius 1 is 1.05 bits per heavy atom. The Morgan fingerprint density at radius 3 is 2.45 bits per heavy atom. The third kappa shape index (κ3) is 4.61. The molecule has 1 aliphatic rings. The number of hydrogen-bond acceptors (Lipinski definition) is 6. The SMILES string of the molecule is [C-]#[N+]c1ccc2c(n1)c(N1C[C@@H](CC)N(C(c3ccc(F)cc3)c3ccc(F)nc3)C[C@@H]1C)nc(=O)n2C. The Balaban J connectivity index is 1.58. The molecule has 1 unspecified atom stereocenters. The molecule has 1 fully saturated rings. The van der Waals surface area contributed by atoms with Gasteiger partial charge < -0.3 is 9.74 Å². The third-order valence-electron chi connectivity index (χ3n) is 7.25. The Morgan fingerprint density at radius 2 is 1.79 bits per heavy atom. The molecule has 8 nitrogen and oxygen atoms in total. The molecule has 1 aromatic carbocycles. The van der Waals surface area contributed by atoms with Crippen molar-refractivity contribution in [3.63, 3.8) is 0 Å². The summed E-state index contributed by atoms with van der Waals surface area (Å²) >= 11 is 0. The third-order valence-corrected chi connectivity index (χ3v) is 7.25. The maximum atomic E-state index is 13.8. The van der Waals surface area contributed by atoms with Gasteiger partial charge in [-0.15, -0.1) is 4.98 Å². The van der Waals surface area contributed by atoms with Crippen LogP contribution in [-0.2, 0) is 7.05 Å². The lowest BCUT2D eigenvalue weighted by atomic mass is 9.93. The molecule has 0 saturated carbocycles. The maximum absolute atomic E-state index is 13.8. The molecule has 0 bridgehead atoms. The van der Waals surface area contributed by atoms with Crippen LogP contribution in [0.15, 0.2) is 59.5 Å². The molecule has 4 aromatic rings. The molecule has 194 valence electrons. The van der Waals surface area contributed by atoms with Crippen molar-refractivity contribution < 1.29 is 8.78 Å². The number of fused-ring (bicyclic) bond motifs is 1. The predicted octanol–water partition coefficient (Wildman–Crippen LogP) is 4.63. The van der Waals surface area contributed by atoms with E-state index < -0.39 is 11.6 Å². The Labute approximate surface area is 219 Å².